The number of carbonyl (C=O) groups is 1. The zero-order valence-electron chi connectivity index (χ0n) is 12.8. The number of likely N-dealkylation sites (N-methyl/N-ethyl adjacent to an activating group) is 1. The van der Waals surface area contributed by atoms with Crippen molar-refractivity contribution >= 4 is 16.9 Å². The molecule has 2 rings (SSSR count). The summed E-state index contributed by atoms with van der Waals surface area (Å²) in [4.78, 5) is 17.0. The van der Waals surface area contributed by atoms with Crippen molar-refractivity contribution in [2.75, 3.05) is 13.1 Å². The molecular weight excluding hydrogens is 266 g/mol. The first kappa shape index (κ1) is 15.4. The van der Waals surface area contributed by atoms with Crippen LogP contribution in [0.3, 0.4) is 0 Å². The van der Waals surface area contributed by atoms with Crippen LogP contribution in [0.15, 0.2) is 30.3 Å². The second-order valence-corrected chi connectivity index (χ2v) is 5.87. The third-order valence-corrected chi connectivity index (χ3v) is 3.26. The second kappa shape index (κ2) is 6.18. The Kier molecular flexibility index (Phi) is 4.53. The highest BCUT2D eigenvalue weighted by Crippen LogP contribution is 2.14. The molecule has 0 aliphatic rings. The van der Waals surface area contributed by atoms with Crippen LogP contribution in [0.2, 0.25) is 0 Å². The Morgan fingerprint density at radius 3 is 2.71 bits per heavy atom. The van der Waals surface area contributed by atoms with E-state index in [0.717, 1.165) is 16.6 Å². The number of carbonyl (C=O) groups excluding carboxylic acids is 1. The van der Waals surface area contributed by atoms with Crippen LogP contribution < -0.4 is 5.32 Å². The quantitative estimate of drug-likeness (QED) is 0.791. The third kappa shape index (κ3) is 4.23. The van der Waals surface area contributed by atoms with Crippen LogP contribution in [-0.4, -0.2) is 39.7 Å². The zero-order valence-corrected chi connectivity index (χ0v) is 12.8. The average Bonchev–Trinajstić information content (AvgIpc) is 2.84. The summed E-state index contributed by atoms with van der Waals surface area (Å²) in [6, 6.07) is 9.86. The van der Waals surface area contributed by atoms with Crippen LogP contribution in [0.4, 0.5) is 4.79 Å². The van der Waals surface area contributed by atoms with Crippen molar-refractivity contribution in [3.8, 4) is 0 Å². The van der Waals surface area contributed by atoms with Gasteiger partial charge >= 0.3 is 6.03 Å². The van der Waals surface area contributed by atoms with Gasteiger partial charge in [0.2, 0.25) is 0 Å². The number of hydrogen-bond donors (Lipinski definition) is 3. The van der Waals surface area contributed by atoms with Crippen molar-refractivity contribution in [1.29, 1.82) is 0 Å². The van der Waals surface area contributed by atoms with Gasteiger partial charge < -0.3 is 20.3 Å². The lowest BCUT2D eigenvalue weighted by molar-refractivity contribution is 0.0479. The number of benzene rings is 1. The van der Waals surface area contributed by atoms with E-state index in [-0.39, 0.29) is 6.03 Å². The fraction of sp³-hybridized carbons (Fsp3) is 0.438. The number of aromatic nitrogens is 1. The Morgan fingerprint density at radius 2 is 2.10 bits per heavy atom. The van der Waals surface area contributed by atoms with Crippen LogP contribution >= 0.6 is 0 Å². The summed E-state index contributed by atoms with van der Waals surface area (Å²) in [6.45, 7) is 6.59. The summed E-state index contributed by atoms with van der Waals surface area (Å²) in [6.07, 6.45) is 0. The highest BCUT2D eigenvalue weighted by Gasteiger charge is 2.21. The van der Waals surface area contributed by atoms with Crippen molar-refractivity contribution in [3.05, 3.63) is 36.0 Å². The second-order valence-electron chi connectivity index (χ2n) is 5.87. The summed E-state index contributed by atoms with van der Waals surface area (Å²) >= 11 is 0. The molecule has 0 spiro atoms. The van der Waals surface area contributed by atoms with Gasteiger partial charge in [-0.2, -0.15) is 0 Å². The van der Waals surface area contributed by atoms with E-state index >= 15 is 0 Å². The standard InChI is InChI=1S/C16H23N3O2/c1-4-19(11-16(2,3)21)15(20)17-10-13-9-12-7-5-6-8-14(12)18-13/h5-9,18,21H,4,10-11H2,1-3H3,(H,17,20). The maximum Gasteiger partial charge on any atom is 0.317 e. The Bertz CT molecular complexity index is 580. The molecule has 0 aliphatic carbocycles. The maximum atomic E-state index is 12.1. The fourth-order valence-electron chi connectivity index (χ4n) is 2.31. The molecule has 0 bridgehead atoms. The Balaban J connectivity index is 1.96. The summed E-state index contributed by atoms with van der Waals surface area (Å²) < 4.78 is 0. The fourth-order valence-corrected chi connectivity index (χ4v) is 2.31. The van der Waals surface area contributed by atoms with Crippen molar-refractivity contribution in [3.63, 3.8) is 0 Å². The molecule has 21 heavy (non-hydrogen) atoms. The Morgan fingerprint density at radius 1 is 1.38 bits per heavy atom. The van der Waals surface area contributed by atoms with Gasteiger partial charge in [0, 0.05) is 17.8 Å². The number of urea groups is 1. The van der Waals surface area contributed by atoms with Crippen LogP contribution in [-0.2, 0) is 6.54 Å². The minimum atomic E-state index is -0.894. The molecule has 1 aromatic heterocycles. The number of fused-ring (bicyclic) bond motifs is 1. The molecule has 1 aromatic carbocycles. The normalized spacial score (nSPS) is 11.6. The lowest BCUT2D eigenvalue weighted by Crippen LogP contribution is -2.46. The molecule has 3 N–H and O–H groups in total. The number of nitrogens with one attached hydrogen (secondary N) is 2. The molecule has 0 atom stereocenters. The number of aliphatic hydroxyl groups is 1. The first-order valence-electron chi connectivity index (χ1n) is 7.21. The molecule has 2 amide bonds. The first-order valence-corrected chi connectivity index (χ1v) is 7.21. The van der Waals surface area contributed by atoms with Gasteiger partial charge in [0.05, 0.1) is 18.7 Å². The smallest absolute Gasteiger partial charge is 0.317 e. The predicted octanol–water partition coefficient (Wildman–Crippen LogP) is 2.47. The van der Waals surface area contributed by atoms with Gasteiger partial charge in [-0.25, -0.2) is 4.79 Å². The minimum Gasteiger partial charge on any atom is -0.389 e. The molecule has 1 heterocycles. The van der Waals surface area contributed by atoms with Gasteiger partial charge in [-0.1, -0.05) is 18.2 Å². The number of para-hydroxylation sites is 1. The van der Waals surface area contributed by atoms with Gasteiger partial charge in [-0.05, 0) is 38.3 Å². The topological polar surface area (TPSA) is 68.4 Å². The van der Waals surface area contributed by atoms with Crippen molar-refractivity contribution in [2.24, 2.45) is 0 Å². The largest absolute Gasteiger partial charge is 0.389 e. The van der Waals surface area contributed by atoms with Crippen LogP contribution in [0.5, 0.6) is 0 Å². The number of amides is 2. The Labute approximate surface area is 125 Å². The lowest BCUT2D eigenvalue weighted by atomic mass is 10.1. The molecule has 0 saturated carbocycles. The number of nitrogens with zero attached hydrogens (tertiary/aromatic N) is 1. The molecule has 0 unspecified atom stereocenters. The molecule has 0 fully saturated rings. The van der Waals surface area contributed by atoms with Crippen molar-refractivity contribution < 1.29 is 9.90 Å². The molecule has 114 valence electrons. The molecule has 5 nitrogen and oxygen atoms in total. The SMILES string of the molecule is CCN(CC(C)(C)O)C(=O)NCc1cc2ccccc2[nH]1. The molecule has 5 heteroatoms. The van der Waals surface area contributed by atoms with Gasteiger partial charge in [-0.15, -0.1) is 0 Å². The van der Waals surface area contributed by atoms with E-state index in [1.165, 1.54) is 0 Å². The van der Waals surface area contributed by atoms with Gasteiger partial charge in [0.25, 0.3) is 0 Å². The Hall–Kier alpha value is -2.01. The highest BCUT2D eigenvalue weighted by molar-refractivity contribution is 5.80. The van der Waals surface area contributed by atoms with Gasteiger partial charge in [-0.3, -0.25) is 0 Å². The maximum absolute atomic E-state index is 12.1. The van der Waals surface area contributed by atoms with E-state index in [1.807, 2.05) is 37.3 Å². The molecule has 0 radical (unpaired) electrons. The molecule has 0 saturated heterocycles. The van der Waals surface area contributed by atoms with E-state index in [9.17, 15) is 9.90 Å². The van der Waals surface area contributed by atoms with Crippen LogP contribution in [0.1, 0.15) is 26.5 Å². The predicted molar refractivity (Wildman–Crippen MR) is 84.1 cm³/mol. The third-order valence-electron chi connectivity index (χ3n) is 3.26. The summed E-state index contributed by atoms with van der Waals surface area (Å²) in [5.74, 6) is 0. The zero-order chi connectivity index (χ0) is 15.5. The van der Waals surface area contributed by atoms with E-state index in [1.54, 1.807) is 18.7 Å². The number of hydrogen-bond acceptors (Lipinski definition) is 2. The lowest BCUT2D eigenvalue weighted by Gasteiger charge is -2.28. The number of aromatic amines is 1. The first-order chi connectivity index (χ1) is 9.89. The molecular formula is C16H23N3O2. The van der Waals surface area contributed by atoms with E-state index in [4.69, 9.17) is 0 Å². The van der Waals surface area contributed by atoms with E-state index in [0.29, 0.717) is 19.6 Å². The van der Waals surface area contributed by atoms with E-state index < -0.39 is 5.60 Å². The summed E-state index contributed by atoms with van der Waals surface area (Å²) in [7, 11) is 0. The molecule has 0 aliphatic heterocycles. The highest BCUT2D eigenvalue weighted by atomic mass is 16.3. The van der Waals surface area contributed by atoms with Crippen LogP contribution in [0, 0.1) is 0 Å². The van der Waals surface area contributed by atoms with E-state index in [2.05, 4.69) is 10.3 Å². The number of rotatable bonds is 5. The van der Waals surface area contributed by atoms with Crippen molar-refractivity contribution in [2.45, 2.75) is 32.9 Å². The van der Waals surface area contributed by atoms with Gasteiger partial charge in [0.1, 0.15) is 0 Å². The van der Waals surface area contributed by atoms with Crippen LogP contribution in [0.25, 0.3) is 10.9 Å². The summed E-state index contributed by atoms with van der Waals surface area (Å²) in [5.41, 5.74) is 1.13. The minimum absolute atomic E-state index is 0.168. The average molecular weight is 289 g/mol. The van der Waals surface area contributed by atoms with Crippen molar-refractivity contribution in [1.82, 2.24) is 15.2 Å². The summed E-state index contributed by atoms with van der Waals surface area (Å²) in [5, 5.41) is 13.8. The van der Waals surface area contributed by atoms with Gasteiger partial charge in [0.15, 0.2) is 0 Å². The number of H-pyrrole nitrogens is 1. The monoisotopic (exact) mass is 289 g/mol. The molecule has 2 aromatic rings.